The summed E-state index contributed by atoms with van der Waals surface area (Å²) >= 11 is 0. The van der Waals surface area contributed by atoms with E-state index in [0.29, 0.717) is 5.56 Å². The van der Waals surface area contributed by atoms with Crippen LogP contribution in [0.3, 0.4) is 0 Å². The number of aromatic amines is 1. The molecule has 23 heavy (non-hydrogen) atoms. The molecule has 1 N–H and O–H groups in total. The van der Waals surface area contributed by atoms with E-state index < -0.39 is 5.97 Å². The van der Waals surface area contributed by atoms with Crippen LogP contribution in [0.5, 0.6) is 0 Å². The van der Waals surface area contributed by atoms with Crippen LogP contribution in [-0.2, 0) is 18.2 Å². The number of nitrogens with zero attached hydrogens (tertiary/aromatic N) is 2. The van der Waals surface area contributed by atoms with E-state index in [0.717, 1.165) is 22.9 Å². The second-order valence-electron chi connectivity index (χ2n) is 5.27. The second kappa shape index (κ2) is 6.08. The van der Waals surface area contributed by atoms with Crippen molar-refractivity contribution in [3.8, 4) is 0 Å². The van der Waals surface area contributed by atoms with E-state index >= 15 is 0 Å². The van der Waals surface area contributed by atoms with Gasteiger partial charge in [0.15, 0.2) is 12.3 Å². The van der Waals surface area contributed by atoms with Gasteiger partial charge in [0, 0.05) is 35.9 Å². The number of ether oxygens (including phenoxy) is 1. The van der Waals surface area contributed by atoms with E-state index in [9.17, 15) is 9.59 Å². The predicted molar refractivity (Wildman–Crippen MR) is 85.5 cm³/mol. The fraction of sp³-hybridized carbons (Fsp3) is 0.235. The van der Waals surface area contributed by atoms with Crippen molar-refractivity contribution in [3.05, 3.63) is 53.5 Å². The molecule has 118 valence electrons. The summed E-state index contributed by atoms with van der Waals surface area (Å²) in [5, 5.41) is 4.80. The molecule has 0 unspecified atom stereocenters. The van der Waals surface area contributed by atoms with Crippen LogP contribution in [0, 0.1) is 0 Å². The summed E-state index contributed by atoms with van der Waals surface area (Å²) in [6.45, 7) is 1.75. The maximum absolute atomic E-state index is 12.3. The Balaban J connectivity index is 1.75. The van der Waals surface area contributed by atoms with Crippen molar-refractivity contribution in [1.82, 2.24) is 14.8 Å². The quantitative estimate of drug-likeness (QED) is 0.580. The van der Waals surface area contributed by atoms with Gasteiger partial charge in [0.25, 0.3) is 0 Å². The molecular formula is C17H17N3O3. The molecule has 0 aliphatic rings. The first-order chi connectivity index (χ1) is 11.1. The van der Waals surface area contributed by atoms with Gasteiger partial charge >= 0.3 is 5.97 Å². The number of esters is 1. The molecule has 6 nitrogen and oxygen atoms in total. The molecule has 3 rings (SSSR count). The Kier molecular flexibility index (Phi) is 3.97. The third kappa shape index (κ3) is 2.88. The average molecular weight is 311 g/mol. The van der Waals surface area contributed by atoms with Crippen LogP contribution >= 0.6 is 0 Å². The van der Waals surface area contributed by atoms with Gasteiger partial charge in [0.2, 0.25) is 5.78 Å². The standard InChI is InChI=1S/C17H17N3O3/c1-3-11-5-4-6-12-13(9-18-16(11)12)15(21)10-23-17(22)14-7-8-20(2)19-14/h4-9,18H,3,10H2,1-2H3. The second-order valence-corrected chi connectivity index (χ2v) is 5.27. The summed E-state index contributed by atoms with van der Waals surface area (Å²) in [5.74, 6) is -0.846. The highest BCUT2D eigenvalue weighted by Gasteiger charge is 2.17. The number of H-pyrrole nitrogens is 1. The van der Waals surface area contributed by atoms with Crippen LogP contribution in [0.25, 0.3) is 10.9 Å². The number of para-hydroxylation sites is 1. The Morgan fingerprint density at radius 1 is 1.30 bits per heavy atom. The first-order valence-corrected chi connectivity index (χ1v) is 7.39. The molecule has 0 amide bonds. The van der Waals surface area contributed by atoms with Gasteiger partial charge < -0.3 is 9.72 Å². The van der Waals surface area contributed by atoms with E-state index in [-0.39, 0.29) is 18.1 Å². The molecular weight excluding hydrogens is 294 g/mol. The first kappa shape index (κ1) is 15.0. The van der Waals surface area contributed by atoms with Gasteiger partial charge in [-0.3, -0.25) is 9.48 Å². The largest absolute Gasteiger partial charge is 0.453 e. The Morgan fingerprint density at radius 2 is 2.13 bits per heavy atom. The summed E-state index contributed by atoms with van der Waals surface area (Å²) < 4.78 is 6.56. The minimum atomic E-state index is -0.604. The number of nitrogens with one attached hydrogen (secondary N) is 1. The van der Waals surface area contributed by atoms with Gasteiger partial charge in [0.05, 0.1) is 0 Å². The third-order valence-corrected chi connectivity index (χ3v) is 3.74. The van der Waals surface area contributed by atoms with Crippen molar-refractivity contribution < 1.29 is 14.3 Å². The predicted octanol–water partition coefficient (Wildman–Crippen LogP) is 2.50. The number of aromatic nitrogens is 3. The Morgan fingerprint density at radius 3 is 2.83 bits per heavy atom. The van der Waals surface area contributed by atoms with E-state index in [2.05, 4.69) is 17.0 Å². The van der Waals surface area contributed by atoms with Crippen LogP contribution in [0.2, 0.25) is 0 Å². The number of carbonyl (C=O) groups is 2. The summed E-state index contributed by atoms with van der Waals surface area (Å²) in [5.41, 5.74) is 2.82. The number of hydrogen-bond acceptors (Lipinski definition) is 4. The molecule has 0 aliphatic carbocycles. The lowest BCUT2D eigenvalue weighted by Crippen LogP contribution is -2.14. The number of benzene rings is 1. The summed E-state index contributed by atoms with van der Waals surface area (Å²) in [7, 11) is 1.71. The summed E-state index contributed by atoms with van der Waals surface area (Å²) in [6.07, 6.45) is 4.19. The lowest BCUT2D eigenvalue weighted by molar-refractivity contribution is 0.0468. The highest BCUT2D eigenvalue weighted by atomic mass is 16.5. The zero-order valence-electron chi connectivity index (χ0n) is 13.0. The van der Waals surface area contributed by atoms with E-state index in [1.807, 2.05) is 18.2 Å². The molecule has 0 bridgehead atoms. The van der Waals surface area contributed by atoms with Gasteiger partial charge in [0.1, 0.15) is 0 Å². The topological polar surface area (TPSA) is 77.0 Å². The molecule has 0 atom stereocenters. The van der Waals surface area contributed by atoms with Crippen LogP contribution in [0.4, 0.5) is 0 Å². The highest BCUT2D eigenvalue weighted by molar-refractivity contribution is 6.09. The minimum absolute atomic E-state index is 0.187. The molecule has 0 fully saturated rings. The van der Waals surface area contributed by atoms with Crippen LogP contribution in [0.1, 0.15) is 33.3 Å². The molecule has 0 saturated carbocycles. The third-order valence-electron chi connectivity index (χ3n) is 3.74. The molecule has 0 saturated heterocycles. The Hall–Kier alpha value is -2.89. The van der Waals surface area contributed by atoms with Gasteiger partial charge in [-0.2, -0.15) is 5.10 Å². The highest BCUT2D eigenvalue weighted by Crippen LogP contribution is 2.22. The number of hydrogen-bond donors (Lipinski definition) is 1. The Bertz CT molecular complexity index is 876. The molecule has 6 heteroatoms. The number of Topliss-reactive ketones (excluding diaryl/α,β-unsaturated/α-hetero) is 1. The molecule has 0 aliphatic heterocycles. The van der Waals surface area contributed by atoms with Crippen molar-refractivity contribution in [2.24, 2.45) is 7.05 Å². The lowest BCUT2D eigenvalue weighted by atomic mass is 10.1. The van der Waals surface area contributed by atoms with Crippen molar-refractivity contribution in [2.75, 3.05) is 6.61 Å². The molecule has 0 radical (unpaired) electrons. The van der Waals surface area contributed by atoms with Gasteiger partial charge in [-0.25, -0.2) is 4.79 Å². The van der Waals surface area contributed by atoms with E-state index in [1.165, 1.54) is 4.68 Å². The monoisotopic (exact) mass is 311 g/mol. The molecule has 1 aromatic carbocycles. The summed E-state index contributed by atoms with van der Waals surface area (Å²) in [6, 6.07) is 7.38. The maximum Gasteiger partial charge on any atom is 0.359 e. The molecule has 2 heterocycles. The molecule has 2 aromatic heterocycles. The number of carbonyl (C=O) groups excluding carboxylic acids is 2. The van der Waals surface area contributed by atoms with Crippen molar-refractivity contribution in [1.29, 1.82) is 0 Å². The van der Waals surface area contributed by atoms with Gasteiger partial charge in [-0.15, -0.1) is 0 Å². The van der Waals surface area contributed by atoms with Crippen molar-refractivity contribution in [3.63, 3.8) is 0 Å². The number of ketones is 1. The minimum Gasteiger partial charge on any atom is -0.453 e. The first-order valence-electron chi connectivity index (χ1n) is 7.39. The fourth-order valence-corrected chi connectivity index (χ4v) is 2.55. The maximum atomic E-state index is 12.3. The van der Waals surface area contributed by atoms with Crippen molar-refractivity contribution >= 4 is 22.7 Å². The van der Waals surface area contributed by atoms with E-state index in [1.54, 1.807) is 25.5 Å². The molecule has 0 spiro atoms. The zero-order chi connectivity index (χ0) is 16.4. The van der Waals surface area contributed by atoms with Crippen molar-refractivity contribution in [2.45, 2.75) is 13.3 Å². The van der Waals surface area contributed by atoms with E-state index in [4.69, 9.17) is 4.74 Å². The zero-order valence-corrected chi connectivity index (χ0v) is 13.0. The smallest absolute Gasteiger partial charge is 0.359 e. The van der Waals surface area contributed by atoms with Crippen LogP contribution in [-0.4, -0.2) is 33.1 Å². The Labute approximate surface area is 133 Å². The number of aryl methyl sites for hydroxylation is 2. The average Bonchev–Trinajstić information content (AvgIpc) is 3.18. The fourth-order valence-electron chi connectivity index (χ4n) is 2.55. The SMILES string of the molecule is CCc1cccc2c(C(=O)COC(=O)c3ccn(C)n3)c[nH]c12. The van der Waals surface area contributed by atoms with Crippen LogP contribution in [0.15, 0.2) is 36.7 Å². The summed E-state index contributed by atoms with van der Waals surface area (Å²) in [4.78, 5) is 27.3. The number of fused-ring (bicyclic) bond motifs is 1. The number of rotatable bonds is 5. The normalized spacial score (nSPS) is 10.9. The lowest BCUT2D eigenvalue weighted by Gasteiger charge is -2.03. The van der Waals surface area contributed by atoms with Gasteiger partial charge in [-0.05, 0) is 18.1 Å². The van der Waals surface area contributed by atoms with Crippen LogP contribution < -0.4 is 0 Å². The van der Waals surface area contributed by atoms with Gasteiger partial charge in [-0.1, -0.05) is 25.1 Å². The molecule has 3 aromatic rings.